The maximum Gasteiger partial charge on any atom is 0.138 e. The molecule has 0 radical (unpaired) electrons. The van der Waals surface area contributed by atoms with Gasteiger partial charge in [-0.1, -0.05) is 38.5 Å². The summed E-state index contributed by atoms with van der Waals surface area (Å²) in [5, 5.41) is -0.0848. The van der Waals surface area contributed by atoms with Gasteiger partial charge in [0.2, 0.25) is 0 Å². The van der Waals surface area contributed by atoms with E-state index in [1.807, 2.05) is 0 Å². The minimum atomic E-state index is -0.108. The molecule has 1 nitrogen and oxygen atoms in total. The molecule has 5 atom stereocenters. The molecule has 0 saturated heterocycles. The van der Waals surface area contributed by atoms with Crippen LogP contribution in [0, 0.1) is 17.3 Å². The van der Waals surface area contributed by atoms with Crippen molar-refractivity contribution in [2.24, 2.45) is 17.3 Å². The van der Waals surface area contributed by atoms with Crippen molar-refractivity contribution in [2.75, 3.05) is 0 Å². The summed E-state index contributed by atoms with van der Waals surface area (Å²) in [5.41, 5.74) is 0.0608. The third-order valence-electron chi connectivity index (χ3n) is 5.53. The molecule has 3 aliphatic carbocycles. The average Bonchev–Trinajstić information content (AvgIpc) is 2.36. The van der Waals surface area contributed by atoms with E-state index >= 15 is 0 Å². The molecule has 0 aromatic rings. The zero-order valence-electron chi connectivity index (χ0n) is 10.8. The van der Waals surface area contributed by atoms with Crippen LogP contribution in [0.1, 0.15) is 57.8 Å². The van der Waals surface area contributed by atoms with Gasteiger partial charge < -0.3 is 0 Å². The van der Waals surface area contributed by atoms with Gasteiger partial charge in [-0.3, -0.25) is 4.79 Å². The molecule has 18 heavy (non-hydrogen) atoms. The lowest BCUT2D eigenvalue weighted by Crippen LogP contribution is -2.65. The summed E-state index contributed by atoms with van der Waals surface area (Å²) in [6.45, 7) is 0. The third-order valence-corrected chi connectivity index (χ3v) is 6.87. The molecule has 3 fully saturated rings. The van der Waals surface area contributed by atoms with Crippen LogP contribution in [0.2, 0.25) is 0 Å². The van der Waals surface area contributed by atoms with E-state index in [-0.39, 0.29) is 22.1 Å². The lowest BCUT2D eigenvalue weighted by molar-refractivity contribution is -0.143. The maximum atomic E-state index is 12.3. The summed E-state index contributed by atoms with van der Waals surface area (Å²) in [7, 11) is 0. The number of fused-ring (bicyclic) bond motifs is 1. The molecular weight excluding hydrogens is 267 g/mol. The van der Waals surface area contributed by atoms with Crippen molar-refractivity contribution >= 4 is 29.0 Å². The van der Waals surface area contributed by atoms with Gasteiger partial charge in [-0.05, 0) is 24.2 Å². The van der Waals surface area contributed by atoms with Gasteiger partial charge >= 0.3 is 0 Å². The topological polar surface area (TPSA) is 17.1 Å². The van der Waals surface area contributed by atoms with Gasteiger partial charge in [0.25, 0.3) is 0 Å². The minimum Gasteiger partial charge on any atom is -0.299 e. The van der Waals surface area contributed by atoms with E-state index in [0.29, 0.717) is 11.7 Å². The first-order valence-electron chi connectivity index (χ1n) is 7.46. The predicted molar refractivity (Wildman–Crippen MR) is 75.3 cm³/mol. The Labute approximate surface area is 120 Å². The van der Waals surface area contributed by atoms with Crippen LogP contribution in [-0.4, -0.2) is 16.5 Å². The predicted octanol–water partition coefficient (Wildman–Crippen LogP) is 4.54. The number of rotatable bonds is 0. The number of hydrogen-bond acceptors (Lipinski definition) is 1. The van der Waals surface area contributed by atoms with Gasteiger partial charge in [-0.2, -0.15) is 0 Å². The lowest BCUT2D eigenvalue weighted by atomic mass is 9.48. The van der Waals surface area contributed by atoms with Crippen LogP contribution in [0.3, 0.4) is 0 Å². The smallest absolute Gasteiger partial charge is 0.138 e. The average molecular weight is 289 g/mol. The Kier molecular flexibility index (Phi) is 3.66. The van der Waals surface area contributed by atoms with E-state index < -0.39 is 0 Å². The molecule has 3 aliphatic rings. The van der Waals surface area contributed by atoms with Crippen molar-refractivity contribution in [3.05, 3.63) is 0 Å². The van der Waals surface area contributed by atoms with Crippen LogP contribution in [-0.2, 0) is 4.79 Å². The summed E-state index contributed by atoms with van der Waals surface area (Å²) in [6, 6.07) is 0. The number of Topliss-reactive ketones (excluding diaryl/α,β-unsaturated/α-hetero) is 1. The molecule has 1 spiro atoms. The van der Waals surface area contributed by atoms with Gasteiger partial charge in [-0.25, -0.2) is 0 Å². The summed E-state index contributed by atoms with van der Waals surface area (Å²) in [6.07, 6.45) is 10.7. The number of hydrogen-bond donors (Lipinski definition) is 0. The molecule has 0 amide bonds. The second-order valence-corrected chi connectivity index (χ2v) is 7.58. The number of carbonyl (C=O) groups is 1. The summed E-state index contributed by atoms with van der Waals surface area (Å²) >= 11 is 12.9. The van der Waals surface area contributed by atoms with Crippen molar-refractivity contribution in [3.8, 4) is 0 Å². The monoisotopic (exact) mass is 288 g/mol. The standard InChI is InChI=1S/C15H22Cl2O/c16-13-12-11(18)8-10-6-4-2-1-3-5-7-15(12,9-10)14(13)17/h10,12-14H,1-9H2/t10-,12+,13?,14?,15+/m0/s1. The second-order valence-electron chi connectivity index (χ2n) is 6.60. The van der Waals surface area contributed by atoms with Crippen molar-refractivity contribution in [2.45, 2.75) is 68.5 Å². The van der Waals surface area contributed by atoms with Crippen molar-refractivity contribution in [1.29, 1.82) is 0 Å². The molecule has 2 bridgehead atoms. The highest BCUT2D eigenvalue weighted by Crippen LogP contribution is 2.63. The fourth-order valence-corrected chi connectivity index (χ4v) is 5.75. The summed E-state index contributed by atoms with van der Waals surface area (Å²) < 4.78 is 0. The van der Waals surface area contributed by atoms with E-state index in [1.165, 1.54) is 38.5 Å². The highest BCUT2D eigenvalue weighted by Gasteiger charge is 2.65. The van der Waals surface area contributed by atoms with Gasteiger partial charge in [0, 0.05) is 12.3 Å². The Morgan fingerprint density at radius 3 is 2.61 bits per heavy atom. The van der Waals surface area contributed by atoms with Crippen LogP contribution < -0.4 is 0 Å². The van der Waals surface area contributed by atoms with Crippen molar-refractivity contribution in [1.82, 2.24) is 0 Å². The van der Waals surface area contributed by atoms with E-state index in [9.17, 15) is 4.79 Å². The lowest BCUT2D eigenvalue weighted by Gasteiger charge is -2.60. The zero-order chi connectivity index (χ0) is 12.8. The molecule has 3 heteroatoms. The maximum absolute atomic E-state index is 12.3. The highest BCUT2D eigenvalue weighted by molar-refractivity contribution is 6.33. The molecule has 0 aromatic carbocycles. The molecular formula is C15H22Cl2O. The molecule has 0 N–H and O–H groups in total. The first-order valence-corrected chi connectivity index (χ1v) is 8.33. The fourth-order valence-electron chi connectivity index (χ4n) is 4.63. The van der Waals surface area contributed by atoms with E-state index in [2.05, 4.69) is 0 Å². The van der Waals surface area contributed by atoms with E-state index in [0.717, 1.165) is 19.3 Å². The van der Waals surface area contributed by atoms with Gasteiger partial charge in [0.05, 0.1) is 10.8 Å². The summed E-state index contributed by atoms with van der Waals surface area (Å²) in [4.78, 5) is 12.3. The van der Waals surface area contributed by atoms with Crippen LogP contribution >= 0.6 is 23.2 Å². The van der Waals surface area contributed by atoms with Gasteiger partial charge in [0.1, 0.15) is 5.78 Å². The molecule has 102 valence electrons. The Balaban J connectivity index is 1.84. The summed E-state index contributed by atoms with van der Waals surface area (Å²) in [5.74, 6) is 1.05. The molecule has 3 rings (SSSR count). The SMILES string of the molecule is O=C1C[C@@H]2CCCCCCC[C@]3(C2)C(Cl)C(Cl)[C@@H]13. The fraction of sp³-hybridized carbons (Fsp3) is 0.933. The minimum absolute atomic E-state index is 0.0235. The Morgan fingerprint density at radius 2 is 1.78 bits per heavy atom. The number of alkyl halides is 2. The molecule has 0 aliphatic heterocycles. The van der Waals surface area contributed by atoms with Crippen molar-refractivity contribution < 1.29 is 4.79 Å². The second kappa shape index (κ2) is 4.98. The van der Waals surface area contributed by atoms with Crippen LogP contribution in [0.4, 0.5) is 0 Å². The largest absolute Gasteiger partial charge is 0.299 e. The Morgan fingerprint density at radius 1 is 1.06 bits per heavy atom. The first kappa shape index (κ1) is 13.2. The zero-order valence-corrected chi connectivity index (χ0v) is 12.3. The molecule has 0 heterocycles. The Bertz CT molecular complexity index is 343. The quantitative estimate of drug-likeness (QED) is 0.598. The van der Waals surface area contributed by atoms with Crippen LogP contribution in [0.5, 0.6) is 0 Å². The highest BCUT2D eigenvalue weighted by atomic mass is 35.5. The molecule has 3 saturated carbocycles. The number of halogens is 2. The van der Waals surface area contributed by atoms with Gasteiger partial charge in [0.15, 0.2) is 0 Å². The van der Waals surface area contributed by atoms with Gasteiger partial charge in [-0.15, -0.1) is 23.2 Å². The van der Waals surface area contributed by atoms with Crippen LogP contribution in [0.25, 0.3) is 0 Å². The molecule has 2 unspecified atom stereocenters. The number of ketones is 1. The van der Waals surface area contributed by atoms with Crippen molar-refractivity contribution in [3.63, 3.8) is 0 Å². The number of carbonyl (C=O) groups excluding carboxylic acids is 1. The van der Waals surface area contributed by atoms with Crippen LogP contribution in [0.15, 0.2) is 0 Å². The molecule has 0 aromatic heterocycles. The first-order chi connectivity index (χ1) is 8.65. The van der Waals surface area contributed by atoms with E-state index in [1.54, 1.807) is 0 Å². The normalized spacial score (nSPS) is 49.1. The Hall–Kier alpha value is 0.250. The third kappa shape index (κ3) is 1.93. The van der Waals surface area contributed by atoms with E-state index in [4.69, 9.17) is 23.2 Å².